The maximum absolute atomic E-state index is 13.3. The largest absolute Gasteiger partial charge is 0.507 e. The Balaban J connectivity index is 1.88. The lowest BCUT2D eigenvalue weighted by Gasteiger charge is -2.26. The van der Waals surface area contributed by atoms with E-state index in [9.17, 15) is 14.7 Å². The number of anilines is 1. The summed E-state index contributed by atoms with van der Waals surface area (Å²) >= 11 is 0. The van der Waals surface area contributed by atoms with Gasteiger partial charge < -0.3 is 14.6 Å². The fourth-order valence-corrected chi connectivity index (χ4v) is 4.24. The number of hydrogen-bond acceptors (Lipinski definition) is 5. The molecule has 1 saturated heterocycles. The molecule has 1 atom stereocenters. The number of aryl methyl sites for hydroxylation is 1. The van der Waals surface area contributed by atoms with Gasteiger partial charge in [0.05, 0.1) is 24.8 Å². The predicted octanol–water partition coefficient (Wildman–Crippen LogP) is 5.67. The minimum Gasteiger partial charge on any atom is -0.507 e. The van der Waals surface area contributed by atoms with Crippen molar-refractivity contribution in [3.8, 4) is 11.5 Å². The number of ether oxygens (including phenoxy) is 2. The number of carbonyl (C=O) groups excluding carboxylic acids is 2. The minimum atomic E-state index is -0.803. The van der Waals surface area contributed by atoms with Gasteiger partial charge in [-0.15, -0.1) is 0 Å². The Labute approximate surface area is 205 Å². The molecule has 1 heterocycles. The van der Waals surface area contributed by atoms with E-state index in [1.165, 1.54) is 4.90 Å². The third-order valence-electron chi connectivity index (χ3n) is 5.98. The lowest BCUT2D eigenvalue weighted by molar-refractivity contribution is -0.132. The number of Topliss-reactive ketones (excluding diaryl/α,β-unsaturated/α-hetero) is 1. The summed E-state index contributed by atoms with van der Waals surface area (Å²) in [6.45, 7) is 5.87. The third-order valence-corrected chi connectivity index (χ3v) is 5.98. The normalized spacial score (nSPS) is 17.2. The molecule has 0 bridgehead atoms. The molecule has 1 aliphatic heterocycles. The van der Waals surface area contributed by atoms with Crippen molar-refractivity contribution in [1.29, 1.82) is 0 Å². The van der Waals surface area contributed by atoms with Crippen molar-refractivity contribution in [2.45, 2.75) is 39.3 Å². The maximum atomic E-state index is 13.3. The second-order valence-corrected chi connectivity index (χ2v) is 8.66. The van der Waals surface area contributed by atoms with Crippen molar-refractivity contribution >= 4 is 23.1 Å². The molecule has 35 heavy (non-hydrogen) atoms. The molecule has 0 aliphatic carbocycles. The van der Waals surface area contributed by atoms with E-state index >= 15 is 0 Å². The van der Waals surface area contributed by atoms with Gasteiger partial charge in [0, 0.05) is 11.3 Å². The molecular weight excluding hydrogens is 442 g/mol. The van der Waals surface area contributed by atoms with E-state index in [1.54, 1.807) is 55.6 Å². The van der Waals surface area contributed by atoms with Gasteiger partial charge in [-0.05, 0) is 67.8 Å². The molecule has 4 rings (SSSR count). The first kappa shape index (κ1) is 24.1. The summed E-state index contributed by atoms with van der Waals surface area (Å²) < 4.78 is 11.0. The Bertz CT molecular complexity index is 1260. The fraction of sp³-hybridized carbons (Fsp3) is 0.241. The minimum absolute atomic E-state index is 0.0291. The van der Waals surface area contributed by atoms with Crippen LogP contribution in [0.25, 0.3) is 5.76 Å². The van der Waals surface area contributed by atoms with Crippen LogP contribution in [0.4, 0.5) is 5.69 Å². The Morgan fingerprint density at radius 2 is 1.66 bits per heavy atom. The topological polar surface area (TPSA) is 76.1 Å². The zero-order valence-electron chi connectivity index (χ0n) is 20.3. The molecule has 1 amide bonds. The van der Waals surface area contributed by atoms with Gasteiger partial charge in [0.1, 0.15) is 17.3 Å². The van der Waals surface area contributed by atoms with Crippen LogP contribution in [-0.4, -0.2) is 30.0 Å². The first-order chi connectivity index (χ1) is 16.8. The van der Waals surface area contributed by atoms with Gasteiger partial charge >= 0.3 is 0 Å². The zero-order chi connectivity index (χ0) is 25.1. The number of hydrogen-bond donors (Lipinski definition) is 1. The number of carbonyl (C=O) groups is 2. The number of amides is 1. The second kappa shape index (κ2) is 10.1. The number of rotatable bonds is 7. The van der Waals surface area contributed by atoms with E-state index < -0.39 is 17.7 Å². The monoisotopic (exact) mass is 471 g/mol. The summed E-state index contributed by atoms with van der Waals surface area (Å²) in [5.74, 6) is -0.457. The van der Waals surface area contributed by atoms with E-state index in [4.69, 9.17) is 9.47 Å². The van der Waals surface area contributed by atoms with Gasteiger partial charge in [0.25, 0.3) is 11.7 Å². The SMILES string of the molecule is CCc1ccc(N2C(=O)C(=O)/C(=C(\O)c3cccc(OC(C)C)c3)C2c2ccc(OC)cc2)cc1. The van der Waals surface area contributed by atoms with Gasteiger partial charge in [-0.1, -0.05) is 43.3 Å². The average Bonchev–Trinajstić information content (AvgIpc) is 3.13. The van der Waals surface area contributed by atoms with E-state index in [2.05, 4.69) is 6.92 Å². The number of methoxy groups -OCH3 is 1. The number of aliphatic hydroxyl groups is 1. The molecule has 0 radical (unpaired) electrons. The van der Waals surface area contributed by atoms with Crippen molar-refractivity contribution in [1.82, 2.24) is 0 Å². The summed E-state index contributed by atoms with van der Waals surface area (Å²) in [6.07, 6.45) is 0.805. The molecular formula is C29H29NO5. The molecule has 3 aromatic rings. The third kappa shape index (κ3) is 4.78. The van der Waals surface area contributed by atoms with Crippen LogP contribution in [0, 0.1) is 0 Å². The van der Waals surface area contributed by atoms with Crippen molar-refractivity contribution in [2.24, 2.45) is 0 Å². The molecule has 1 unspecified atom stereocenters. The Kier molecular flexibility index (Phi) is 6.92. The van der Waals surface area contributed by atoms with Gasteiger partial charge in [-0.3, -0.25) is 14.5 Å². The maximum Gasteiger partial charge on any atom is 0.300 e. The lowest BCUT2D eigenvalue weighted by Crippen LogP contribution is -2.29. The van der Waals surface area contributed by atoms with Crippen LogP contribution in [0.1, 0.15) is 43.5 Å². The molecule has 6 nitrogen and oxygen atoms in total. The molecule has 1 N–H and O–H groups in total. The van der Waals surface area contributed by atoms with Crippen molar-refractivity contribution in [3.05, 3.63) is 95.1 Å². The van der Waals surface area contributed by atoms with E-state index in [0.29, 0.717) is 28.3 Å². The summed E-state index contributed by atoms with van der Waals surface area (Å²) in [7, 11) is 1.57. The molecule has 6 heteroatoms. The second-order valence-electron chi connectivity index (χ2n) is 8.66. The van der Waals surface area contributed by atoms with Gasteiger partial charge in [-0.25, -0.2) is 0 Å². The van der Waals surface area contributed by atoms with Gasteiger partial charge in [0.15, 0.2) is 0 Å². The van der Waals surface area contributed by atoms with E-state index in [0.717, 1.165) is 12.0 Å². The van der Waals surface area contributed by atoms with Crippen LogP contribution >= 0.6 is 0 Å². The van der Waals surface area contributed by atoms with Crippen LogP contribution in [-0.2, 0) is 16.0 Å². The summed E-state index contributed by atoms with van der Waals surface area (Å²) in [5.41, 5.74) is 2.82. The Morgan fingerprint density at radius 1 is 0.971 bits per heavy atom. The fourth-order valence-electron chi connectivity index (χ4n) is 4.24. The first-order valence-corrected chi connectivity index (χ1v) is 11.6. The molecule has 0 saturated carbocycles. The number of nitrogens with zero attached hydrogens (tertiary/aromatic N) is 1. The molecule has 3 aromatic carbocycles. The quantitative estimate of drug-likeness (QED) is 0.273. The Hall–Kier alpha value is -4.06. The molecule has 0 spiro atoms. The number of benzene rings is 3. The highest BCUT2D eigenvalue weighted by Gasteiger charge is 2.47. The summed E-state index contributed by atoms with van der Waals surface area (Å²) in [6, 6.07) is 20.8. The van der Waals surface area contributed by atoms with Crippen LogP contribution in [0.15, 0.2) is 78.4 Å². The lowest BCUT2D eigenvalue weighted by atomic mass is 9.95. The number of ketones is 1. The molecule has 1 aliphatic rings. The van der Waals surface area contributed by atoms with Crippen LogP contribution in [0.5, 0.6) is 11.5 Å². The molecule has 1 fully saturated rings. The van der Waals surface area contributed by atoms with Gasteiger partial charge in [0.2, 0.25) is 0 Å². The highest BCUT2D eigenvalue weighted by molar-refractivity contribution is 6.51. The first-order valence-electron chi connectivity index (χ1n) is 11.6. The van der Waals surface area contributed by atoms with Crippen molar-refractivity contribution in [2.75, 3.05) is 12.0 Å². The number of aliphatic hydroxyl groups excluding tert-OH is 1. The van der Waals surface area contributed by atoms with Gasteiger partial charge in [-0.2, -0.15) is 0 Å². The smallest absolute Gasteiger partial charge is 0.300 e. The van der Waals surface area contributed by atoms with E-state index in [-0.39, 0.29) is 17.4 Å². The molecule has 0 aromatic heterocycles. The highest BCUT2D eigenvalue weighted by Crippen LogP contribution is 2.42. The zero-order valence-corrected chi connectivity index (χ0v) is 20.3. The van der Waals surface area contributed by atoms with Crippen LogP contribution in [0.3, 0.4) is 0 Å². The standard InChI is InChI=1S/C29H29NO5/c1-5-19-9-13-22(14-10-19)30-26(20-11-15-23(34-4)16-12-20)25(28(32)29(30)33)27(31)21-7-6-8-24(17-21)35-18(2)3/h6-18,26,31H,5H2,1-4H3/b27-25-. The summed E-state index contributed by atoms with van der Waals surface area (Å²) in [4.78, 5) is 28.1. The van der Waals surface area contributed by atoms with Crippen molar-refractivity contribution in [3.63, 3.8) is 0 Å². The van der Waals surface area contributed by atoms with E-state index in [1.807, 2.05) is 38.1 Å². The van der Waals surface area contributed by atoms with Crippen LogP contribution < -0.4 is 14.4 Å². The van der Waals surface area contributed by atoms with Crippen LogP contribution in [0.2, 0.25) is 0 Å². The predicted molar refractivity (Wildman–Crippen MR) is 136 cm³/mol. The van der Waals surface area contributed by atoms with Crippen molar-refractivity contribution < 1.29 is 24.2 Å². The Morgan fingerprint density at radius 3 is 2.26 bits per heavy atom. The summed E-state index contributed by atoms with van der Waals surface area (Å²) in [5, 5.41) is 11.3. The average molecular weight is 472 g/mol. The highest BCUT2D eigenvalue weighted by atomic mass is 16.5. The molecule has 180 valence electrons.